The Balaban J connectivity index is 0.999. The van der Waals surface area contributed by atoms with Crippen LogP contribution in [0.25, 0.3) is 0 Å². The van der Waals surface area contributed by atoms with E-state index in [9.17, 15) is 9.90 Å². The molecule has 2 aliphatic heterocycles. The fraction of sp³-hybridized carbons (Fsp3) is 0.774. The van der Waals surface area contributed by atoms with E-state index in [1.807, 2.05) is 6.07 Å². The molecule has 0 saturated carbocycles. The molecule has 1 aromatic rings. The van der Waals surface area contributed by atoms with Gasteiger partial charge in [-0.25, -0.2) is 0 Å². The summed E-state index contributed by atoms with van der Waals surface area (Å²) >= 11 is 0. The molecule has 0 aromatic heterocycles. The topological polar surface area (TPSA) is 65.0 Å². The van der Waals surface area contributed by atoms with Crippen molar-refractivity contribution in [3.05, 3.63) is 23.8 Å². The Bertz CT molecular complexity index is 748. The molecule has 5 heteroatoms. The van der Waals surface area contributed by atoms with E-state index in [1.165, 1.54) is 102 Å². The quantitative estimate of drug-likeness (QED) is 0.145. The molecule has 0 spiro atoms. The summed E-state index contributed by atoms with van der Waals surface area (Å²) in [5.41, 5.74) is 1.36. The largest absolute Gasteiger partial charge is 0.460 e. The zero-order valence-corrected chi connectivity index (χ0v) is 22.7. The first-order valence-electron chi connectivity index (χ1n) is 14.9. The van der Waals surface area contributed by atoms with Crippen molar-refractivity contribution in [3.63, 3.8) is 0 Å². The molecule has 204 valence electrons. The van der Waals surface area contributed by atoms with Crippen LogP contribution in [0, 0.1) is 5.92 Å². The predicted molar refractivity (Wildman–Crippen MR) is 144 cm³/mol. The number of unbranched alkanes of at least 4 members (excludes halogenated alkanes) is 16. The molecule has 0 amide bonds. The highest BCUT2D eigenvalue weighted by Gasteiger charge is 2.40. The lowest BCUT2D eigenvalue weighted by atomic mass is 9.95. The SMILES string of the molecule is CC1OC(=O)C(CCCCCCCCCCCCCCCCCCCc2ccc3c(c2)OCO3)C1O. The number of ether oxygens (including phenoxy) is 3. The molecule has 1 saturated heterocycles. The van der Waals surface area contributed by atoms with E-state index in [1.54, 1.807) is 6.92 Å². The standard InChI is InChI=1S/C31H50O5/c1-25-30(32)27(31(33)36-25)20-18-16-14-12-10-8-6-4-2-3-5-7-9-11-13-15-17-19-26-21-22-28-29(23-26)35-24-34-28/h21-23,25,27,30,32H,2-20,24H2,1H3. The number of fused-ring (bicyclic) bond motifs is 1. The third kappa shape index (κ3) is 10.3. The number of esters is 1. The van der Waals surface area contributed by atoms with Crippen molar-refractivity contribution in [1.29, 1.82) is 0 Å². The Hall–Kier alpha value is -1.75. The Morgan fingerprint density at radius 2 is 1.22 bits per heavy atom. The molecular formula is C31H50O5. The van der Waals surface area contributed by atoms with E-state index < -0.39 is 6.10 Å². The van der Waals surface area contributed by atoms with Crippen molar-refractivity contribution >= 4 is 5.97 Å². The molecule has 5 nitrogen and oxygen atoms in total. The zero-order valence-electron chi connectivity index (χ0n) is 22.7. The van der Waals surface area contributed by atoms with E-state index in [4.69, 9.17) is 14.2 Å². The van der Waals surface area contributed by atoms with Crippen LogP contribution in [-0.2, 0) is 16.0 Å². The van der Waals surface area contributed by atoms with Gasteiger partial charge in [-0.3, -0.25) is 4.79 Å². The second-order valence-corrected chi connectivity index (χ2v) is 11.0. The molecule has 3 rings (SSSR count). The van der Waals surface area contributed by atoms with E-state index in [2.05, 4.69) is 12.1 Å². The van der Waals surface area contributed by atoms with Crippen molar-refractivity contribution in [2.45, 2.75) is 141 Å². The minimum Gasteiger partial charge on any atom is -0.460 e. The predicted octanol–water partition coefficient (Wildman–Crippen LogP) is 7.90. The summed E-state index contributed by atoms with van der Waals surface area (Å²) in [5.74, 6) is 1.28. The molecule has 2 aliphatic rings. The number of hydrogen-bond donors (Lipinski definition) is 1. The van der Waals surface area contributed by atoms with Crippen LogP contribution in [0.2, 0.25) is 0 Å². The average Bonchev–Trinajstić information content (AvgIpc) is 3.44. The minimum atomic E-state index is -0.610. The molecule has 3 unspecified atom stereocenters. The number of carbonyl (C=O) groups is 1. The molecule has 36 heavy (non-hydrogen) atoms. The van der Waals surface area contributed by atoms with E-state index in [-0.39, 0.29) is 18.0 Å². The van der Waals surface area contributed by atoms with E-state index in [0.29, 0.717) is 6.79 Å². The van der Waals surface area contributed by atoms with Gasteiger partial charge in [0.05, 0.1) is 5.92 Å². The van der Waals surface area contributed by atoms with Gasteiger partial charge in [-0.1, -0.05) is 109 Å². The van der Waals surface area contributed by atoms with Gasteiger partial charge in [-0.05, 0) is 43.9 Å². The van der Waals surface area contributed by atoms with Crippen LogP contribution in [0.3, 0.4) is 0 Å². The minimum absolute atomic E-state index is 0.208. The summed E-state index contributed by atoms with van der Waals surface area (Å²) in [6.07, 6.45) is 23.5. The highest BCUT2D eigenvalue weighted by atomic mass is 16.7. The summed E-state index contributed by atoms with van der Waals surface area (Å²) in [4.78, 5) is 11.7. The number of hydrogen-bond acceptors (Lipinski definition) is 5. The lowest BCUT2D eigenvalue weighted by Gasteiger charge is -2.11. The Labute approximate surface area is 219 Å². The Morgan fingerprint density at radius 3 is 1.75 bits per heavy atom. The van der Waals surface area contributed by atoms with Crippen molar-refractivity contribution in [2.24, 2.45) is 5.92 Å². The second-order valence-electron chi connectivity index (χ2n) is 11.0. The van der Waals surface area contributed by atoms with Crippen LogP contribution in [-0.4, -0.2) is 30.1 Å². The number of carbonyl (C=O) groups excluding carboxylic acids is 1. The van der Waals surface area contributed by atoms with Crippen LogP contribution < -0.4 is 9.47 Å². The summed E-state index contributed by atoms with van der Waals surface area (Å²) in [6.45, 7) is 2.13. The van der Waals surface area contributed by atoms with E-state index >= 15 is 0 Å². The summed E-state index contributed by atoms with van der Waals surface area (Å²) in [5, 5.41) is 9.97. The van der Waals surface area contributed by atoms with Gasteiger partial charge in [-0.2, -0.15) is 0 Å². The normalized spacial score (nSPS) is 20.7. The van der Waals surface area contributed by atoms with Gasteiger partial charge >= 0.3 is 5.97 Å². The van der Waals surface area contributed by atoms with Crippen molar-refractivity contribution < 1.29 is 24.1 Å². The van der Waals surface area contributed by atoms with Gasteiger partial charge in [0, 0.05) is 0 Å². The molecule has 0 radical (unpaired) electrons. The molecule has 0 aliphatic carbocycles. The molecular weight excluding hydrogens is 452 g/mol. The van der Waals surface area contributed by atoms with E-state index in [0.717, 1.165) is 37.2 Å². The third-order valence-corrected chi connectivity index (χ3v) is 7.92. The summed E-state index contributed by atoms with van der Waals surface area (Å²) in [7, 11) is 0. The summed E-state index contributed by atoms with van der Waals surface area (Å²) < 4.78 is 15.9. The Kier molecular flexibility index (Phi) is 13.5. The maximum absolute atomic E-state index is 11.7. The van der Waals surface area contributed by atoms with Crippen LogP contribution in [0.1, 0.15) is 128 Å². The molecule has 3 atom stereocenters. The van der Waals surface area contributed by atoms with Crippen LogP contribution in [0.4, 0.5) is 0 Å². The van der Waals surface area contributed by atoms with Crippen molar-refractivity contribution in [1.82, 2.24) is 0 Å². The van der Waals surface area contributed by atoms with Crippen molar-refractivity contribution in [3.8, 4) is 11.5 Å². The maximum Gasteiger partial charge on any atom is 0.312 e. The number of rotatable bonds is 20. The first-order chi connectivity index (χ1) is 17.6. The van der Waals surface area contributed by atoms with Gasteiger partial charge < -0.3 is 19.3 Å². The maximum atomic E-state index is 11.7. The van der Waals surface area contributed by atoms with Gasteiger partial charge in [0.1, 0.15) is 12.2 Å². The van der Waals surface area contributed by atoms with Crippen LogP contribution in [0.5, 0.6) is 11.5 Å². The highest BCUT2D eigenvalue weighted by Crippen LogP contribution is 2.33. The first-order valence-corrected chi connectivity index (χ1v) is 14.9. The number of aliphatic hydroxyl groups is 1. The number of aliphatic hydroxyl groups excluding tert-OH is 1. The van der Waals surface area contributed by atoms with Crippen LogP contribution >= 0.6 is 0 Å². The first kappa shape index (κ1) is 28.8. The molecule has 2 heterocycles. The zero-order chi connectivity index (χ0) is 25.4. The lowest BCUT2D eigenvalue weighted by Crippen LogP contribution is -2.24. The number of cyclic esters (lactones) is 1. The molecule has 1 N–H and O–H groups in total. The Morgan fingerprint density at radius 1 is 0.722 bits per heavy atom. The molecule has 1 fully saturated rings. The smallest absolute Gasteiger partial charge is 0.312 e. The average molecular weight is 503 g/mol. The second kappa shape index (κ2) is 16.9. The molecule has 1 aromatic carbocycles. The fourth-order valence-corrected chi connectivity index (χ4v) is 5.54. The lowest BCUT2D eigenvalue weighted by molar-refractivity contribution is -0.143. The van der Waals surface area contributed by atoms with Gasteiger partial charge in [0.15, 0.2) is 11.5 Å². The number of aryl methyl sites for hydroxylation is 1. The van der Waals surface area contributed by atoms with Crippen molar-refractivity contribution in [2.75, 3.05) is 6.79 Å². The fourth-order valence-electron chi connectivity index (χ4n) is 5.54. The van der Waals surface area contributed by atoms with Gasteiger partial charge in [0.25, 0.3) is 0 Å². The number of benzene rings is 1. The van der Waals surface area contributed by atoms with Gasteiger partial charge in [0.2, 0.25) is 6.79 Å². The van der Waals surface area contributed by atoms with Gasteiger partial charge in [-0.15, -0.1) is 0 Å². The highest BCUT2D eigenvalue weighted by molar-refractivity contribution is 5.75. The van der Waals surface area contributed by atoms with Crippen LogP contribution in [0.15, 0.2) is 18.2 Å². The third-order valence-electron chi connectivity index (χ3n) is 7.92. The molecule has 0 bridgehead atoms. The summed E-state index contributed by atoms with van der Waals surface area (Å²) in [6, 6.07) is 6.34. The monoisotopic (exact) mass is 502 g/mol.